The molecule has 4 nitrogen and oxygen atoms in total. The van der Waals surface area contributed by atoms with Crippen LogP contribution in [-0.4, -0.2) is 12.4 Å². The van der Waals surface area contributed by atoms with E-state index in [1.807, 2.05) is 0 Å². The third kappa shape index (κ3) is 1.21. The molecule has 2 heterocycles. The molecule has 0 unspecified atom stereocenters. The fourth-order valence-electron chi connectivity index (χ4n) is 1.75. The molecule has 0 atom stereocenters. The van der Waals surface area contributed by atoms with Crippen LogP contribution in [0.4, 0.5) is 0 Å². The van der Waals surface area contributed by atoms with Crippen molar-refractivity contribution in [1.29, 1.82) is 0 Å². The summed E-state index contributed by atoms with van der Waals surface area (Å²) in [5.41, 5.74) is -0.203. The van der Waals surface area contributed by atoms with Crippen molar-refractivity contribution >= 4 is 32.7 Å². The van der Waals surface area contributed by atoms with Gasteiger partial charge in [0.2, 0.25) is 5.78 Å². The molecule has 0 radical (unpaired) electrons. The summed E-state index contributed by atoms with van der Waals surface area (Å²) < 4.78 is 11.1. The van der Waals surface area contributed by atoms with E-state index >= 15 is 0 Å². The van der Waals surface area contributed by atoms with Crippen molar-refractivity contribution in [3.8, 4) is 5.75 Å². The zero-order chi connectivity index (χ0) is 11.3. The summed E-state index contributed by atoms with van der Waals surface area (Å²) in [4.78, 5) is 23.0. The lowest BCUT2D eigenvalue weighted by Gasteiger charge is -2.02. The largest absolute Gasteiger partial charge is 0.484 e. The summed E-state index contributed by atoms with van der Waals surface area (Å²) in [7, 11) is 0. The Morgan fingerprint density at radius 3 is 2.88 bits per heavy atom. The fourth-order valence-corrected chi connectivity index (χ4v) is 2.09. The van der Waals surface area contributed by atoms with E-state index in [0.29, 0.717) is 16.7 Å². The van der Waals surface area contributed by atoms with Crippen LogP contribution in [0, 0.1) is 0 Å². The van der Waals surface area contributed by atoms with Gasteiger partial charge in [-0.15, -0.1) is 0 Å². The maximum absolute atomic E-state index is 11.6. The van der Waals surface area contributed by atoms with Gasteiger partial charge in [-0.1, -0.05) is 15.9 Å². The number of rotatable bonds is 0. The molecule has 0 saturated heterocycles. The molecule has 0 fully saturated rings. The lowest BCUT2D eigenvalue weighted by molar-refractivity contribution is 0.0959. The lowest BCUT2D eigenvalue weighted by Crippen LogP contribution is -2.10. The third-order valence-corrected chi connectivity index (χ3v) is 2.94. The maximum atomic E-state index is 11.6. The van der Waals surface area contributed by atoms with Crippen molar-refractivity contribution in [2.75, 3.05) is 6.61 Å². The standard InChI is InChI=1S/C11H5BrO4/c12-5-1-2-6-8(3-5)16-11(14)9-7(13)4-15-10(6)9/h1-3H,4H2. The normalized spacial score (nSPS) is 13.9. The molecular weight excluding hydrogens is 276 g/mol. The first-order valence-electron chi connectivity index (χ1n) is 4.59. The van der Waals surface area contributed by atoms with E-state index in [-0.39, 0.29) is 18.0 Å². The molecule has 1 aromatic carbocycles. The van der Waals surface area contributed by atoms with Crippen LogP contribution in [0.2, 0.25) is 0 Å². The molecule has 0 N–H and O–H groups in total. The molecule has 16 heavy (non-hydrogen) atoms. The molecule has 0 bridgehead atoms. The number of hydrogen-bond acceptors (Lipinski definition) is 4. The first-order chi connectivity index (χ1) is 7.66. The van der Waals surface area contributed by atoms with Crippen molar-refractivity contribution in [2.45, 2.75) is 0 Å². The smallest absolute Gasteiger partial charge is 0.351 e. The van der Waals surface area contributed by atoms with Gasteiger partial charge in [-0.25, -0.2) is 4.79 Å². The number of carbonyl (C=O) groups is 1. The quantitative estimate of drug-likeness (QED) is 0.694. The summed E-state index contributed by atoms with van der Waals surface area (Å²) in [6.45, 7) is -0.0880. The summed E-state index contributed by atoms with van der Waals surface area (Å²) >= 11 is 3.28. The Kier molecular flexibility index (Phi) is 1.91. The molecule has 80 valence electrons. The van der Waals surface area contributed by atoms with Gasteiger partial charge >= 0.3 is 5.63 Å². The summed E-state index contributed by atoms with van der Waals surface area (Å²) in [6.07, 6.45) is 0. The Morgan fingerprint density at radius 2 is 2.06 bits per heavy atom. The first kappa shape index (κ1) is 9.59. The minimum Gasteiger partial charge on any atom is -0.484 e. The highest BCUT2D eigenvalue weighted by Crippen LogP contribution is 2.32. The Balaban J connectivity index is 2.50. The van der Waals surface area contributed by atoms with E-state index < -0.39 is 5.63 Å². The summed E-state index contributed by atoms with van der Waals surface area (Å²) in [5.74, 6) is 0.0114. The van der Waals surface area contributed by atoms with E-state index in [2.05, 4.69) is 15.9 Å². The highest BCUT2D eigenvalue weighted by molar-refractivity contribution is 9.10. The number of Topliss-reactive ketones (excluding diaryl/α,β-unsaturated/α-hetero) is 1. The first-order valence-corrected chi connectivity index (χ1v) is 5.38. The maximum Gasteiger partial charge on any atom is 0.351 e. The van der Waals surface area contributed by atoms with Gasteiger partial charge < -0.3 is 9.15 Å². The molecule has 1 aliphatic rings. The molecular formula is C11H5BrO4. The highest BCUT2D eigenvalue weighted by atomic mass is 79.9. The Labute approximate surface area is 97.9 Å². The van der Waals surface area contributed by atoms with Crippen LogP contribution in [0.25, 0.3) is 11.0 Å². The highest BCUT2D eigenvalue weighted by Gasteiger charge is 2.28. The van der Waals surface area contributed by atoms with E-state index in [9.17, 15) is 9.59 Å². The molecule has 1 aromatic heterocycles. The molecule has 0 aliphatic carbocycles. The second kappa shape index (κ2) is 3.18. The minimum atomic E-state index is -0.636. The van der Waals surface area contributed by atoms with Gasteiger partial charge in [-0.05, 0) is 18.2 Å². The number of ether oxygens (including phenoxy) is 1. The van der Waals surface area contributed by atoms with Gasteiger partial charge in [0.1, 0.15) is 16.9 Å². The van der Waals surface area contributed by atoms with Gasteiger partial charge in [0.25, 0.3) is 0 Å². The number of ketones is 1. The number of halogens is 1. The van der Waals surface area contributed by atoms with Gasteiger partial charge in [0.15, 0.2) is 6.61 Å². The van der Waals surface area contributed by atoms with Crippen molar-refractivity contribution in [2.24, 2.45) is 0 Å². The Bertz CT molecular complexity index is 671. The second-order valence-electron chi connectivity index (χ2n) is 3.45. The van der Waals surface area contributed by atoms with Crippen LogP contribution < -0.4 is 10.4 Å². The molecule has 0 spiro atoms. The summed E-state index contributed by atoms with van der Waals surface area (Å²) in [6, 6.07) is 5.22. The topological polar surface area (TPSA) is 56.5 Å². The van der Waals surface area contributed by atoms with Crippen LogP contribution in [0.15, 0.2) is 31.9 Å². The predicted octanol–water partition coefficient (Wildman–Crippen LogP) is 2.13. The van der Waals surface area contributed by atoms with Gasteiger partial charge in [0.05, 0.1) is 5.39 Å². The Hall–Kier alpha value is -1.62. The average molecular weight is 281 g/mol. The monoisotopic (exact) mass is 280 g/mol. The molecule has 5 heteroatoms. The SMILES string of the molecule is O=C1COc2c1c(=O)oc1cc(Br)ccc21. The average Bonchev–Trinajstić information content (AvgIpc) is 2.61. The van der Waals surface area contributed by atoms with Crippen molar-refractivity contribution in [3.05, 3.63) is 38.7 Å². The fraction of sp³-hybridized carbons (Fsp3) is 0.0909. The number of fused-ring (bicyclic) bond motifs is 3. The van der Waals surface area contributed by atoms with Crippen molar-refractivity contribution in [3.63, 3.8) is 0 Å². The number of hydrogen-bond donors (Lipinski definition) is 0. The van der Waals surface area contributed by atoms with E-state index in [1.165, 1.54) is 0 Å². The van der Waals surface area contributed by atoms with Crippen LogP contribution in [-0.2, 0) is 0 Å². The van der Waals surface area contributed by atoms with E-state index in [1.54, 1.807) is 18.2 Å². The number of benzene rings is 1. The number of carbonyl (C=O) groups excluding carboxylic acids is 1. The lowest BCUT2D eigenvalue weighted by atomic mass is 10.1. The zero-order valence-electron chi connectivity index (χ0n) is 7.95. The molecule has 3 rings (SSSR count). The van der Waals surface area contributed by atoms with Crippen molar-refractivity contribution in [1.82, 2.24) is 0 Å². The van der Waals surface area contributed by atoms with Gasteiger partial charge in [-0.2, -0.15) is 0 Å². The van der Waals surface area contributed by atoms with E-state index in [4.69, 9.17) is 9.15 Å². The summed E-state index contributed by atoms with van der Waals surface area (Å²) in [5, 5.41) is 0.642. The van der Waals surface area contributed by atoms with Gasteiger partial charge in [-0.3, -0.25) is 4.79 Å². The van der Waals surface area contributed by atoms with E-state index in [0.717, 1.165) is 4.47 Å². The zero-order valence-corrected chi connectivity index (χ0v) is 9.54. The molecule has 0 amide bonds. The van der Waals surface area contributed by atoms with Crippen LogP contribution in [0.3, 0.4) is 0 Å². The Morgan fingerprint density at radius 1 is 1.25 bits per heavy atom. The second-order valence-corrected chi connectivity index (χ2v) is 4.36. The molecule has 0 saturated carbocycles. The van der Waals surface area contributed by atoms with Gasteiger partial charge in [0, 0.05) is 4.47 Å². The van der Waals surface area contributed by atoms with Crippen molar-refractivity contribution < 1.29 is 13.9 Å². The predicted molar refractivity (Wildman–Crippen MR) is 60.0 cm³/mol. The van der Waals surface area contributed by atoms with Crippen LogP contribution >= 0.6 is 15.9 Å². The van der Waals surface area contributed by atoms with Crippen LogP contribution in [0.1, 0.15) is 10.4 Å². The molecule has 2 aromatic rings. The van der Waals surface area contributed by atoms with Crippen LogP contribution in [0.5, 0.6) is 5.75 Å². The molecule has 1 aliphatic heterocycles. The minimum absolute atomic E-state index is 0.0230. The third-order valence-electron chi connectivity index (χ3n) is 2.45.